The molecule has 0 bridgehead atoms. The van der Waals surface area contributed by atoms with Gasteiger partial charge in [0.05, 0.1) is 19.1 Å². The zero-order valence-corrected chi connectivity index (χ0v) is 8.76. The van der Waals surface area contributed by atoms with Gasteiger partial charge in [-0.3, -0.25) is 4.79 Å². The van der Waals surface area contributed by atoms with Crippen molar-refractivity contribution >= 4 is 5.91 Å². The molecule has 2 aliphatic rings. The van der Waals surface area contributed by atoms with Gasteiger partial charge in [0.15, 0.2) is 5.75 Å². The first kappa shape index (κ1) is 9.66. The minimum Gasteiger partial charge on any atom is -0.381 e. The normalized spacial score (nSPS) is 30.6. The largest absolute Gasteiger partial charge is 0.381 e. The van der Waals surface area contributed by atoms with E-state index in [1.807, 2.05) is 18.2 Å². The third kappa shape index (κ3) is 1.65. The Balaban J connectivity index is 1.51. The van der Waals surface area contributed by atoms with E-state index in [1.54, 1.807) is 12.1 Å². The molecule has 0 spiro atoms. The Hall–Kier alpha value is -1.55. The molecule has 1 unspecified atom stereocenters. The number of hydroxylamine groups is 1. The first-order chi connectivity index (χ1) is 7.86. The molecule has 84 valence electrons. The molecular formula is C12H13NO3. The molecule has 1 aliphatic heterocycles. The van der Waals surface area contributed by atoms with Crippen molar-refractivity contribution in [3.63, 3.8) is 0 Å². The zero-order valence-electron chi connectivity index (χ0n) is 8.76. The molecule has 0 radical (unpaired) electrons. The van der Waals surface area contributed by atoms with Crippen LogP contribution in [0.2, 0.25) is 0 Å². The van der Waals surface area contributed by atoms with E-state index in [1.165, 1.54) is 0 Å². The molecular weight excluding hydrogens is 206 g/mol. The minimum absolute atomic E-state index is 0.0258. The molecule has 3 atom stereocenters. The number of carbonyl (C=O) groups is 1. The predicted molar refractivity (Wildman–Crippen MR) is 56.5 cm³/mol. The molecule has 4 heteroatoms. The van der Waals surface area contributed by atoms with Gasteiger partial charge in [0.1, 0.15) is 0 Å². The number of nitrogens with one attached hydrogen (secondary N) is 1. The van der Waals surface area contributed by atoms with E-state index in [0.29, 0.717) is 30.8 Å². The van der Waals surface area contributed by atoms with Gasteiger partial charge in [-0.2, -0.15) is 5.48 Å². The van der Waals surface area contributed by atoms with Crippen LogP contribution in [-0.2, 0) is 9.53 Å². The Morgan fingerprint density at radius 2 is 1.94 bits per heavy atom. The summed E-state index contributed by atoms with van der Waals surface area (Å²) in [6.07, 6.45) is 0. The number of amides is 1. The number of rotatable bonds is 3. The van der Waals surface area contributed by atoms with E-state index in [0.717, 1.165) is 0 Å². The number of fused-ring (bicyclic) bond motifs is 1. The third-order valence-electron chi connectivity index (χ3n) is 3.27. The predicted octanol–water partition coefficient (Wildman–Crippen LogP) is 0.989. The summed E-state index contributed by atoms with van der Waals surface area (Å²) < 4.78 is 5.23. The lowest BCUT2D eigenvalue weighted by molar-refractivity contribution is -0.130. The second-order valence-electron chi connectivity index (χ2n) is 4.27. The highest BCUT2D eigenvalue weighted by Gasteiger charge is 2.58. The molecule has 1 saturated heterocycles. The molecule has 1 saturated carbocycles. The van der Waals surface area contributed by atoms with Crippen LogP contribution in [0.4, 0.5) is 0 Å². The van der Waals surface area contributed by atoms with Crippen LogP contribution >= 0.6 is 0 Å². The van der Waals surface area contributed by atoms with Crippen LogP contribution in [0.3, 0.4) is 0 Å². The van der Waals surface area contributed by atoms with E-state index in [9.17, 15) is 4.79 Å². The maximum Gasteiger partial charge on any atom is 0.256 e. The van der Waals surface area contributed by atoms with Gasteiger partial charge >= 0.3 is 0 Å². The summed E-state index contributed by atoms with van der Waals surface area (Å²) in [7, 11) is 0. The average Bonchev–Trinajstić information content (AvgIpc) is 2.81. The van der Waals surface area contributed by atoms with Crippen LogP contribution in [0, 0.1) is 17.8 Å². The minimum atomic E-state index is -0.0258. The summed E-state index contributed by atoms with van der Waals surface area (Å²) in [4.78, 5) is 16.9. The molecule has 1 amide bonds. The van der Waals surface area contributed by atoms with Crippen molar-refractivity contribution in [2.45, 2.75) is 0 Å². The molecule has 1 aromatic carbocycles. The molecule has 1 aliphatic carbocycles. The fourth-order valence-electron chi connectivity index (χ4n) is 2.29. The molecule has 2 fully saturated rings. The van der Waals surface area contributed by atoms with Crippen molar-refractivity contribution < 1.29 is 14.4 Å². The summed E-state index contributed by atoms with van der Waals surface area (Å²) in [6.45, 7) is 1.43. The fourth-order valence-corrected chi connectivity index (χ4v) is 2.29. The number of carbonyl (C=O) groups excluding carboxylic acids is 1. The molecule has 1 N–H and O–H groups in total. The van der Waals surface area contributed by atoms with Gasteiger partial charge < -0.3 is 9.57 Å². The monoisotopic (exact) mass is 219 g/mol. The number of benzene rings is 1. The van der Waals surface area contributed by atoms with Gasteiger partial charge in [0, 0.05) is 11.8 Å². The fraction of sp³-hybridized carbons (Fsp3) is 0.417. The van der Waals surface area contributed by atoms with Crippen LogP contribution in [0.25, 0.3) is 0 Å². The van der Waals surface area contributed by atoms with E-state index < -0.39 is 0 Å². The second-order valence-corrected chi connectivity index (χ2v) is 4.27. The highest BCUT2D eigenvalue weighted by molar-refractivity contribution is 5.81. The molecule has 16 heavy (non-hydrogen) atoms. The summed E-state index contributed by atoms with van der Waals surface area (Å²) in [5.74, 6) is 1.55. The van der Waals surface area contributed by atoms with E-state index in [4.69, 9.17) is 9.57 Å². The van der Waals surface area contributed by atoms with Crippen molar-refractivity contribution in [3.8, 4) is 5.75 Å². The van der Waals surface area contributed by atoms with Crippen LogP contribution in [0.1, 0.15) is 0 Å². The van der Waals surface area contributed by atoms with Crippen molar-refractivity contribution in [2.24, 2.45) is 17.8 Å². The topological polar surface area (TPSA) is 47.6 Å². The van der Waals surface area contributed by atoms with E-state index >= 15 is 0 Å². The Morgan fingerprint density at radius 3 is 2.62 bits per heavy atom. The molecule has 1 heterocycles. The van der Waals surface area contributed by atoms with Crippen LogP contribution in [0.5, 0.6) is 5.75 Å². The van der Waals surface area contributed by atoms with E-state index in [-0.39, 0.29) is 11.8 Å². The summed E-state index contributed by atoms with van der Waals surface area (Å²) in [5.41, 5.74) is 2.50. The van der Waals surface area contributed by atoms with Gasteiger partial charge in [0.2, 0.25) is 0 Å². The van der Waals surface area contributed by atoms with Gasteiger partial charge in [-0.1, -0.05) is 18.2 Å². The summed E-state index contributed by atoms with van der Waals surface area (Å²) in [6, 6.07) is 9.23. The molecule has 3 rings (SSSR count). The summed E-state index contributed by atoms with van der Waals surface area (Å²) in [5, 5.41) is 0. The van der Waals surface area contributed by atoms with Crippen LogP contribution in [0.15, 0.2) is 30.3 Å². The second kappa shape index (κ2) is 3.79. The first-order valence-corrected chi connectivity index (χ1v) is 5.46. The zero-order chi connectivity index (χ0) is 11.0. The highest BCUT2D eigenvalue weighted by atomic mass is 16.7. The van der Waals surface area contributed by atoms with Gasteiger partial charge in [-0.25, -0.2) is 0 Å². The Morgan fingerprint density at radius 1 is 1.25 bits per heavy atom. The molecule has 1 aromatic rings. The van der Waals surface area contributed by atoms with Crippen molar-refractivity contribution in [1.82, 2.24) is 5.48 Å². The maximum absolute atomic E-state index is 11.7. The summed E-state index contributed by atoms with van der Waals surface area (Å²) >= 11 is 0. The standard InChI is InChI=1S/C12H13NO3/c14-12(11-9-6-15-7-10(9)11)13-16-8-4-2-1-3-5-8/h1-5,9-11H,6-7H2,(H,13,14)/t9-,10+,11?. The number of hydrogen-bond donors (Lipinski definition) is 1. The van der Waals surface area contributed by atoms with Crippen LogP contribution < -0.4 is 10.3 Å². The SMILES string of the molecule is O=C(NOc1ccccc1)C1[C@H]2COC[C@@H]12. The van der Waals surface area contributed by atoms with Gasteiger partial charge in [0.25, 0.3) is 5.91 Å². The number of hydrogen-bond acceptors (Lipinski definition) is 3. The quantitative estimate of drug-likeness (QED) is 0.771. The number of para-hydroxylation sites is 1. The average molecular weight is 219 g/mol. The van der Waals surface area contributed by atoms with Crippen LogP contribution in [-0.4, -0.2) is 19.1 Å². The lowest BCUT2D eigenvalue weighted by Gasteiger charge is -2.07. The van der Waals surface area contributed by atoms with Crippen molar-refractivity contribution in [3.05, 3.63) is 30.3 Å². The maximum atomic E-state index is 11.7. The lowest BCUT2D eigenvalue weighted by Crippen LogP contribution is -2.30. The third-order valence-corrected chi connectivity index (χ3v) is 3.27. The van der Waals surface area contributed by atoms with Crippen molar-refractivity contribution in [2.75, 3.05) is 13.2 Å². The Labute approximate surface area is 93.5 Å². The molecule has 4 nitrogen and oxygen atoms in total. The van der Waals surface area contributed by atoms with E-state index in [2.05, 4.69) is 5.48 Å². The molecule has 0 aromatic heterocycles. The first-order valence-electron chi connectivity index (χ1n) is 5.46. The van der Waals surface area contributed by atoms with Gasteiger partial charge in [-0.05, 0) is 12.1 Å². The van der Waals surface area contributed by atoms with Crippen molar-refractivity contribution in [1.29, 1.82) is 0 Å². The Kier molecular flexibility index (Phi) is 2.29. The highest BCUT2D eigenvalue weighted by Crippen LogP contribution is 2.50. The number of ether oxygens (including phenoxy) is 1. The lowest BCUT2D eigenvalue weighted by atomic mass is 10.3. The van der Waals surface area contributed by atoms with Gasteiger partial charge in [-0.15, -0.1) is 0 Å². The smallest absolute Gasteiger partial charge is 0.256 e. The Bertz CT molecular complexity index is 383.